The minimum atomic E-state index is 1.23. The molecule has 0 aromatic carbocycles. The first-order chi connectivity index (χ1) is 15.2. The van der Waals surface area contributed by atoms with E-state index in [1.165, 1.54) is 161 Å². The Kier molecular flexibility index (Phi) is 26.1. The summed E-state index contributed by atoms with van der Waals surface area (Å²) in [7, 11) is 4.41. The molecule has 0 radical (unpaired) electrons. The molecule has 2 nitrogen and oxygen atoms in total. The lowest BCUT2D eigenvalue weighted by Crippen LogP contribution is -2.29. The first kappa shape index (κ1) is 30.9. The van der Waals surface area contributed by atoms with Crippen molar-refractivity contribution in [2.75, 3.05) is 40.3 Å². The lowest BCUT2D eigenvalue weighted by Gasteiger charge is -2.23. The Bertz CT molecular complexity index is 292. The van der Waals surface area contributed by atoms with Crippen molar-refractivity contribution in [2.45, 2.75) is 149 Å². The van der Waals surface area contributed by atoms with Gasteiger partial charge in [0, 0.05) is 0 Å². The molecule has 0 aromatic heterocycles. The summed E-state index contributed by atoms with van der Waals surface area (Å²) in [6, 6.07) is 0. The second-order valence-electron chi connectivity index (χ2n) is 10.4. The van der Waals surface area contributed by atoms with Gasteiger partial charge in [-0.1, -0.05) is 129 Å². The Balaban J connectivity index is 3.71. The SMILES string of the molecule is CCCCCCCCCCCCN(CCCCCCCCCCCC)CCCN(C)C. The van der Waals surface area contributed by atoms with Crippen LogP contribution in [0, 0.1) is 0 Å². The van der Waals surface area contributed by atoms with E-state index in [0.29, 0.717) is 0 Å². The molecule has 0 fully saturated rings. The van der Waals surface area contributed by atoms with Crippen molar-refractivity contribution in [1.29, 1.82) is 0 Å². The maximum Gasteiger partial charge on any atom is -0.000655 e. The van der Waals surface area contributed by atoms with E-state index in [1.54, 1.807) is 0 Å². The molecule has 0 spiro atoms. The van der Waals surface area contributed by atoms with Gasteiger partial charge in [-0.15, -0.1) is 0 Å². The van der Waals surface area contributed by atoms with Crippen LogP contribution < -0.4 is 0 Å². The first-order valence-electron chi connectivity index (χ1n) is 14.6. The highest BCUT2D eigenvalue weighted by Gasteiger charge is 2.05. The van der Waals surface area contributed by atoms with Crippen molar-refractivity contribution in [3.63, 3.8) is 0 Å². The molecular weight excluding hydrogens is 376 g/mol. The van der Waals surface area contributed by atoms with Crippen LogP contribution in [-0.4, -0.2) is 50.1 Å². The van der Waals surface area contributed by atoms with Crippen LogP contribution in [-0.2, 0) is 0 Å². The van der Waals surface area contributed by atoms with Gasteiger partial charge in [0.25, 0.3) is 0 Å². The van der Waals surface area contributed by atoms with Crippen LogP contribution in [0.3, 0.4) is 0 Å². The summed E-state index contributed by atoms with van der Waals surface area (Å²) < 4.78 is 0. The maximum absolute atomic E-state index is 2.78. The molecule has 0 aromatic rings. The Labute approximate surface area is 198 Å². The summed E-state index contributed by atoms with van der Waals surface area (Å²) in [6.45, 7) is 9.81. The molecule has 31 heavy (non-hydrogen) atoms. The molecule has 0 bridgehead atoms. The molecule has 0 aliphatic rings. The van der Waals surface area contributed by atoms with Gasteiger partial charge in [-0.05, 0) is 59.5 Å². The molecule has 0 N–H and O–H groups in total. The standard InChI is InChI=1S/C29H62N2/c1-5-7-9-11-13-15-17-19-21-23-27-31(29-25-26-30(3)4)28-24-22-20-18-16-14-12-10-8-6-2/h5-29H2,1-4H3. The zero-order valence-electron chi connectivity index (χ0n) is 22.6. The third-order valence-corrected chi connectivity index (χ3v) is 6.74. The van der Waals surface area contributed by atoms with Crippen molar-refractivity contribution in [3.05, 3.63) is 0 Å². The van der Waals surface area contributed by atoms with Gasteiger partial charge in [-0.25, -0.2) is 0 Å². The molecule has 0 rings (SSSR count). The van der Waals surface area contributed by atoms with Gasteiger partial charge in [-0.3, -0.25) is 0 Å². The van der Waals surface area contributed by atoms with Crippen LogP contribution in [0.15, 0.2) is 0 Å². The highest BCUT2D eigenvalue weighted by molar-refractivity contribution is 4.61. The molecule has 188 valence electrons. The fourth-order valence-electron chi connectivity index (χ4n) is 4.59. The highest BCUT2D eigenvalue weighted by atomic mass is 15.1. The van der Waals surface area contributed by atoms with Crippen molar-refractivity contribution in [3.8, 4) is 0 Å². The quantitative estimate of drug-likeness (QED) is 0.124. The zero-order chi connectivity index (χ0) is 22.8. The van der Waals surface area contributed by atoms with E-state index < -0.39 is 0 Å². The van der Waals surface area contributed by atoms with Gasteiger partial charge in [0.1, 0.15) is 0 Å². The largest absolute Gasteiger partial charge is 0.309 e. The number of hydrogen-bond donors (Lipinski definition) is 0. The fraction of sp³-hybridized carbons (Fsp3) is 1.00. The summed E-state index contributed by atoms with van der Waals surface area (Å²) in [5, 5.41) is 0. The van der Waals surface area contributed by atoms with E-state index in [9.17, 15) is 0 Å². The topological polar surface area (TPSA) is 6.48 Å². The summed E-state index contributed by atoms with van der Waals surface area (Å²) in [6.07, 6.45) is 30.2. The third-order valence-electron chi connectivity index (χ3n) is 6.74. The van der Waals surface area contributed by atoms with Crippen molar-refractivity contribution in [2.24, 2.45) is 0 Å². The first-order valence-corrected chi connectivity index (χ1v) is 14.6. The van der Waals surface area contributed by atoms with Gasteiger partial charge >= 0.3 is 0 Å². The molecule has 0 aliphatic carbocycles. The van der Waals surface area contributed by atoms with Gasteiger partial charge in [0.2, 0.25) is 0 Å². The predicted molar refractivity (Wildman–Crippen MR) is 143 cm³/mol. The zero-order valence-corrected chi connectivity index (χ0v) is 22.6. The van der Waals surface area contributed by atoms with Gasteiger partial charge in [0.05, 0.1) is 0 Å². The lowest BCUT2D eigenvalue weighted by atomic mass is 10.1. The molecule has 0 heterocycles. The van der Waals surface area contributed by atoms with Crippen molar-refractivity contribution in [1.82, 2.24) is 9.80 Å². The van der Waals surface area contributed by atoms with E-state index in [0.717, 1.165) is 0 Å². The highest BCUT2D eigenvalue weighted by Crippen LogP contribution is 2.13. The van der Waals surface area contributed by atoms with Crippen molar-refractivity contribution < 1.29 is 0 Å². The van der Waals surface area contributed by atoms with E-state index in [4.69, 9.17) is 0 Å². The van der Waals surface area contributed by atoms with E-state index in [1.807, 2.05) is 0 Å². The van der Waals surface area contributed by atoms with Crippen LogP contribution in [0.4, 0.5) is 0 Å². The van der Waals surface area contributed by atoms with Crippen LogP contribution in [0.5, 0.6) is 0 Å². The minimum Gasteiger partial charge on any atom is -0.309 e. The number of unbranched alkanes of at least 4 members (excludes halogenated alkanes) is 18. The summed E-state index contributed by atoms with van der Waals surface area (Å²) >= 11 is 0. The Morgan fingerprint density at radius 2 is 0.613 bits per heavy atom. The Morgan fingerprint density at radius 1 is 0.323 bits per heavy atom. The minimum absolute atomic E-state index is 1.23. The number of hydrogen-bond acceptors (Lipinski definition) is 2. The lowest BCUT2D eigenvalue weighted by molar-refractivity contribution is 0.244. The normalized spacial score (nSPS) is 11.8. The van der Waals surface area contributed by atoms with Gasteiger partial charge in [-0.2, -0.15) is 0 Å². The van der Waals surface area contributed by atoms with Crippen molar-refractivity contribution >= 4 is 0 Å². The Morgan fingerprint density at radius 3 is 0.935 bits per heavy atom. The summed E-state index contributed by atoms with van der Waals surface area (Å²) in [5.74, 6) is 0. The van der Waals surface area contributed by atoms with Crippen LogP contribution in [0.25, 0.3) is 0 Å². The molecule has 0 atom stereocenters. The van der Waals surface area contributed by atoms with E-state index in [-0.39, 0.29) is 0 Å². The number of nitrogens with zero attached hydrogens (tertiary/aromatic N) is 2. The van der Waals surface area contributed by atoms with E-state index >= 15 is 0 Å². The molecule has 0 saturated heterocycles. The number of rotatable bonds is 26. The molecule has 0 saturated carbocycles. The molecule has 0 unspecified atom stereocenters. The van der Waals surface area contributed by atoms with Crippen LogP contribution >= 0.6 is 0 Å². The smallest absolute Gasteiger partial charge is 0.000655 e. The molecular formula is C29H62N2. The summed E-state index contributed by atoms with van der Waals surface area (Å²) in [4.78, 5) is 5.11. The molecule has 0 amide bonds. The fourth-order valence-corrected chi connectivity index (χ4v) is 4.59. The van der Waals surface area contributed by atoms with Gasteiger partial charge in [0.15, 0.2) is 0 Å². The Hall–Kier alpha value is -0.0800. The average molecular weight is 439 g/mol. The second kappa shape index (κ2) is 26.2. The average Bonchev–Trinajstić information content (AvgIpc) is 2.75. The summed E-state index contributed by atoms with van der Waals surface area (Å²) in [5.41, 5.74) is 0. The monoisotopic (exact) mass is 438 g/mol. The van der Waals surface area contributed by atoms with Gasteiger partial charge < -0.3 is 9.80 Å². The van der Waals surface area contributed by atoms with E-state index in [2.05, 4.69) is 37.7 Å². The van der Waals surface area contributed by atoms with Crippen LogP contribution in [0.2, 0.25) is 0 Å². The predicted octanol–water partition coefficient (Wildman–Crippen LogP) is 9.08. The second-order valence-corrected chi connectivity index (χ2v) is 10.4. The third kappa shape index (κ3) is 26.1. The molecule has 0 aliphatic heterocycles. The maximum atomic E-state index is 2.78. The molecule has 2 heteroatoms. The van der Waals surface area contributed by atoms with Crippen LogP contribution in [0.1, 0.15) is 149 Å².